The molecular weight excluding hydrogens is 256 g/mol. The van der Waals surface area contributed by atoms with Crippen LogP contribution in [0, 0.1) is 5.92 Å². The van der Waals surface area contributed by atoms with Crippen LogP contribution < -0.4 is 5.73 Å². The summed E-state index contributed by atoms with van der Waals surface area (Å²) in [5, 5.41) is 8.23. The van der Waals surface area contributed by atoms with Crippen molar-refractivity contribution < 1.29 is 0 Å². The van der Waals surface area contributed by atoms with Crippen molar-refractivity contribution in [3.05, 3.63) is 22.6 Å². The van der Waals surface area contributed by atoms with Gasteiger partial charge in [0.05, 0.1) is 5.69 Å². The van der Waals surface area contributed by atoms with Crippen molar-refractivity contribution >= 4 is 27.3 Å². The molecule has 80 valence electrons. The van der Waals surface area contributed by atoms with Crippen molar-refractivity contribution in [3.8, 4) is 0 Å². The molecule has 2 heterocycles. The van der Waals surface area contributed by atoms with Crippen molar-refractivity contribution in [2.24, 2.45) is 5.92 Å². The lowest BCUT2D eigenvalue weighted by molar-refractivity contribution is 0.616. The number of pyridine rings is 1. The molecule has 0 amide bonds. The van der Waals surface area contributed by atoms with Crippen LogP contribution >= 0.6 is 15.9 Å². The molecule has 4 nitrogen and oxygen atoms in total. The third-order valence-electron chi connectivity index (χ3n) is 2.16. The Morgan fingerprint density at radius 1 is 1.47 bits per heavy atom. The molecule has 0 radical (unpaired) electrons. The Balaban J connectivity index is 2.58. The zero-order valence-electron chi connectivity index (χ0n) is 8.74. The second kappa shape index (κ2) is 3.81. The van der Waals surface area contributed by atoms with E-state index in [1.165, 1.54) is 0 Å². The third-order valence-corrected chi connectivity index (χ3v) is 2.59. The summed E-state index contributed by atoms with van der Waals surface area (Å²) >= 11 is 3.41. The molecule has 0 spiro atoms. The first-order valence-corrected chi connectivity index (χ1v) is 5.66. The average molecular weight is 269 g/mol. The van der Waals surface area contributed by atoms with E-state index >= 15 is 0 Å². The largest absolute Gasteiger partial charge is 0.396 e. The minimum atomic E-state index is 0.553. The summed E-state index contributed by atoms with van der Waals surface area (Å²) in [6.07, 6.45) is 2.85. The number of nitrogens with zero attached hydrogens (tertiary/aromatic N) is 3. The number of rotatable bonds is 2. The van der Waals surface area contributed by atoms with E-state index in [2.05, 4.69) is 40.0 Å². The van der Waals surface area contributed by atoms with Crippen LogP contribution in [-0.2, 0) is 6.42 Å². The summed E-state index contributed by atoms with van der Waals surface area (Å²) in [6, 6.07) is 1.84. The first-order chi connectivity index (χ1) is 7.08. The van der Waals surface area contributed by atoms with Gasteiger partial charge in [0.2, 0.25) is 0 Å². The topological polar surface area (TPSA) is 56.2 Å². The Labute approximate surface area is 96.6 Å². The smallest absolute Gasteiger partial charge is 0.184 e. The quantitative estimate of drug-likeness (QED) is 0.909. The number of nitrogens with two attached hydrogens (primary N) is 1. The Hall–Kier alpha value is -1.10. The van der Waals surface area contributed by atoms with E-state index in [4.69, 9.17) is 5.73 Å². The van der Waals surface area contributed by atoms with Gasteiger partial charge >= 0.3 is 0 Å². The van der Waals surface area contributed by atoms with Crippen molar-refractivity contribution in [3.63, 3.8) is 0 Å². The van der Waals surface area contributed by atoms with Gasteiger partial charge in [0.1, 0.15) is 5.82 Å². The summed E-state index contributed by atoms with van der Waals surface area (Å²) < 4.78 is 2.89. The molecule has 2 aromatic rings. The fourth-order valence-corrected chi connectivity index (χ4v) is 1.99. The van der Waals surface area contributed by atoms with E-state index in [1.54, 1.807) is 0 Å². The SMILES string of the molecule is CC(C)Cc1nnc2c(N)cc(Br)cn12. The predicted molar refractivity (Wildman–Crippen MR) is 63.6 cm³/mol. The molecule has 0 saturated carbocycles. The molecule has 0 aliphatic heterocycles. The van der Waals surface area contributed by atoms with Gasteiger partial charge in [0.15, 0.2) is 5.65 Å². The summed E-state index contributed by atoms with van der Waals surface area (Å²) in [5.41, 5.74) is 7.22. The van der Waals surface area contributed by atoms with Crippen LogP contribution in [0.25, 0.3) is 5.65 Å². The predicted octanol–water partition coefficient (Wildman–Crippen LogP) is 2.27. The molecule has 0 aromatic carbocycles. The first-order valence-electron chi connectivity index (χ1n) is 4.86. The molecule has 15 heavy (non-hydrogen) atoms. The maximum absolute atomic E-state index is 5.85. The van der Waals surface area contributed by atoms with Gasteiger partial charge in [-0.05, 0) is 27.9 Å². The van der Waals surface area contributed by atoms with Crippen LogP contribution in [0.2, 0.25) is 0 Å². The van der Waals surface area contributed by atoms with E-state index < -0.39 is 0 Å². The molecule has 0 aliphatic rings. The average Bonchev–Trinajstić information content (AvgIpc) is 2.48. The molecular formula is C10H13BrN4. The van der Waals surface area contributed by atoms with Gasteiger partial charge in [-0.3, -0.25) is 4.40 Å². The zero-order valence-corrected chi connectivity index (χ0v) is 10.3. The Morgan fingerprint density at radius 2 is 2.20 bits per heavy atom. The van der Waals surface area contributed by atoms with E-state index in [1.807, 2.05) is 16.7 Å². The Morgan fingerprint density at radius 3 is 2.87 bits per heavy atom. The fraction of sp³-hybridized carbons (Fsp3) is 0.400. The van der Waals surface area contributed by atoms with Crippen LogP contribution in [0.5, 0.6) is 0 Å². The Kier molecular flexibility index (Phi) is 2.65. The van der Waals surface area contributed by atoms with E-state index in [0.29, 0.717) is 11.6 Å². The number of fused-ring (bicyclic) bond motifs is 1. The lowest BCUT2D eigenvalue weighted by Crippen LogP contribution is -2.01. The van der Waals surface area contributed by atoms with Crippen LogP contribution in [0.1, 0.15) is 19.7 Å². The fourth-order valence-electron chi connectivity index (χ4n) is 1.53. The maximum atomic E-state index is 5.85. The molecule has 2 rings (SSSR count). The summed E-state index contributed by atoms with van der Waals surface area (Å²) in [6.45, 7) is 4.31. The van der Waals surface area contributed by atoms with E-state index in [-0.39, 0.29) is 0 Å². The molecule has 0 bridgehead atoms. The van der Waals surface area contributed by atoms with Crippen molar-refractivity contribution in [2.75, 3.05) is 5.73 Å². The number of aromatic nitrogens is 3. The number of halogens is 1. The van der Waals surface area contributed by atoms with E-state index in [9.17, 15) is 0 Å². The lowest BCUT2D eigenvalue weighted by Gasteiger charge is -2.04. The zero-order chi connectivity index (χ0) is 11.0. The molecule has 0 saturated heterocycles. The molecule has 0 atom stereocenters. The molecule has 0 unspecified atom stereocenters. The number of hydrogen-bond donors (Lipinski definition) is 1. The van der Waals surface area contributed by atoms with Crippen LogP contribution in [0.4, 0.5) is 5.69 Å². The van der Waals surface area contributed by atoms with Crippen molar-refractivity contribution in [1.29, 1.82) is 0 Å². The summed E-state index contributed by atoms with van der Waals surface area (Å²) in [4.78, 5) is 0. The highest BCUT2D eigenvalue weighted by Gasteiger charge is 2.10. The van der Waals surface area contributed by atoms with Crippen LogP contribution in [0.15, 0.2) is 16.7 Å². The number of hydrogen-bond acceptors (Lipinski definition) is 3. The molecule has 2 aromatic heterocycles. The lowest BCUT2D eigenvalue weighted by atomic mass is 10.1. The van der Waals surface area contributed by atoms with Crippen molar-refractivity contribution in [1.82, 2.24) is 14.6 Å². The highest BCUT2D eigenvalue weighted by molar-refractivity contribution is 9.10. The molecule has 5 heteroatoms. The number of nitrogen functional groups attached to an aromatic ring is 1. The van der Waals surface area contributed by atoms with Crippen molar-refractivity contribution in [2.45, 2.75) is 20.3 Å². The van der Waals surface area contributed by atoms with Gasteiger partial charge < -0.3 is 5.73 Å². The molecule has 0 aliphatic carbocycles. The van der Waals surface area contributed by atoms with Gasteiger partial charge in [0, 0.05) is 17.1 Å². The summed E-state index contributed by atoms with van der Waals surface area (Å²) in [5.74, 6) is 1.51. The van der Waals surface area contributed by atoms with Gasteiger partial charge in [-0.25, -0.2) is 0 Å². The minimum Gasteiger partial charge on any atom is -0.396 e. The highest BCUT2D eigenvalue weighted by atomic mass is 79.9. The minimum absolute atomic E-state index is 0.553. The second-order valence-corrected chi connectivity index (χ2v) is 4.94. The van der Waals surface area contributed by atoms with Gasteiger partial charge in [-0.2, -0.15) is 0 Å². The first kappa shape index (κ1) is 10.4. The maximum Gasteiger partial charge on any atom is 0.184 e. The van der Waals surface area contributed by atoms with Gasteiger partial charge in [0.25, 0.3) is 0 Å². The van der Waals surface area contributed by atoms with E-state index in [0.717, 1.165) is 22.4 Å². The third kappa shape index (κ3) is 1.97. The molecule has 2 N–H and O–H groups in total. The summed E-state index contributed by atoms with van der Waals surface area (Å²) in [7, 11) is 0. The van der Waals surface area contributed by atoms with Crippen LogP contribution in [-0.4, -0.2) is 14.6 Å². The van der Waals surface area contributed by atoms with Gasteiger partial charge in [-0.15, -0.1) is 10.2 Å². The van der Waals surface area contributed by atoms with Gasteiger partial charge in [-0.1, -0.05) is 13.8 Å². The molecule has 0 fully saturated rings. The van der Waals surface area contributed by atoms with Crippen LogP contribution in [0.3, 0.4) is 0 Å². The highest BCUT2D eigenvalue weighted by Crippen LogP contribution is 2.20. The normalized spacial score (nSPS) is 11.5. The number of anilines is 1. The second-order valence-electron chi connectivity index (χ2n) is 4.02. The standard InChI is InChI=1S/C10H13BrN4/c1-6(2)3-9-13-14-10-8(12)4-7(11)5-15(9)10/h4-6H,3,12H2,1-2H3. The monoisotopic (exact) mass is 268 g/mol. The Bertz CT molecular complexity index is 489.